The van der Waals surface area contributed by atoms with E-state index in [0.717, 1.165) is 22.6 Å². The van der Waals surface area contributed by atoms with Gasteiger partial charge in [-0.3, -0.25) is 4.57 Å². The molecule has 0 bridgehead atoms. The van der Waals surface area contributed by atoms with Gasteiger partial charge in [-0.2, -0.15) is 22.6 Å². The summed E-state index contributed by atoms with van der Waals surface area (Å²) in [7, 11) is 1.62. The highest BCUT2D eigenvalue weighted by Gasteiger charge is 2.65. The van der Waals surface area contributed by atoms with Crippen LogP contribution in [0.2, 0.25) is 0 Å². The number of alkyl halides is 4. The molecule has 2 amide bonds. The Kier molecular flexibility index (Phi) is 6.39. The van der Waals surface area contributed by atoms with Crippen LogP contribution in [-0.2, 0) is 6.54 Å². The second-order valence-electron chi connectivity index (χ2n) is 8.51. The van der Waals surface area contributed by atoms with E-state index in [-0.39, 0.29) is 10.5 Å². The average Bonchev–Trinajstić information content (AvgIpc) is 3.14. The molecule has 2 aromatic carbocycles. The Bertz CT molecular complexity index is 1320. The minimum absolute atomic E-state index is 0.281. The van der Waals surface area contributed by atoms with Gasteiger partial charge in [-0.25, -0.2) is 4.79 Å². The van der Waals surface area contributed by atoms with Crippen molar-refractivity contribution in [3.05, 3.63) is 69.5 Å². The minimum atomic E-state index is -4.83. The molecule has 186 valence electrons. The van der Waals surface area contributed by atoms with Gasteiger partial charge in [0.2, 0.25) is 0 Å². The maximum absolute atomic E-state index is 13.6. The topological polar surface area (TPSA) is 56.1 Å². The van der Waals surface area contributed by atoms with Crippen LogP contribution in [0.3, 0.4) is 0 Å². The van der Waals surface area contributed by atoms with E-state index >= 15 is 0 Å². The van der Waals surface area contributed by atoms with Crippen LogP contribution in [0.4, 0.5) is 22.4 Å². The lowest BCUT2D eigenvalue weighted by atomic mass is 10.0. The van der Waals surface area contributed by atoms with E-state index in [2.05, 4.69) is 28.3 Å². The summed E-state index contributed by atoms with van der Waals surface area (Å²) < 4.78 is 63.9. The first kappa shape index (κ1) is 24.8. The molecule has 4 rings (SSSR count). The maximum atomic E-state index is 13.6. The molecule has 3 aromatic rings. The molecule has 0 unspecified atom stereocenters. The Balaban J connectivity index is 1.59. The molecular formula is C24H23F4N3O3S. The summed E-state index contributed by atoms with van der Waals surface area (Å²) in [5.41, 5.74) is 2.43. The lowest BCUT2D eigenvalue weighted by Gasteiger charge is -2.31. The SMILES string of the molecule is Cc1cn(-c2ccc3c(c2)OC(F)(F)C(F)(F)O3)c(=NC(=O)N(C)Cc2ccc(C(C)C)cc2)s1. The normalized spacial score (nSPS) is 16.4. The van der Waals surface area contributed by atoms with Gasteiger partial charge in [0.05, 0.1) is 5.69 Å². The lowest BCUT2D eigenvalue weighted by Crippen LogP contribution is -2.52. The summed E-state index contributed by atoms with van der Waals surface area (Å²) in [5.74, 6) is -0.664. The fourth-order valence-electron chi connectivity index (χ4n) is 3.44. The third kappa shape index (κ3) is 5.04. The quantitative estimate of drug-likeness (QED) is 0.401. The zero-order chi connectivity index (χ0) is 25.5. The number of thiazole rings is 1. The van der Waals surface area contributed by atoms with Crippen LogP contribution in [0.1, 0.15) is 35.8 Å². The number of hydrogen-bond acceptors (Lipinski definition) is 4. The molecule has 0 saturated heterocycles. The molecule has 2 heterocycles. The van der Waals surface area contributed by atoms with Crippen molar-refractivity contribution >= 4 is 17.4 Å². The molecule has 35 heavy (non-hydrogen) atoms. The number of aryl methyl sites for hydroxylation is 1. The Morgan fingerprint density at radius 3 is 2.31 bits per heavy atom. The van der Waals surface area contributed by atoms with Gasteiger partial charge in [-0.05, 0) is 36.1 Å². The number of fused-ring (bicyclic) bond motifs is 1. The summed E-state index contributed by atoms with van der Waals surface area (Å²) in [4.78, 5) is 19.5. The van der Waals surface area contributed by atoms with Crippen molar-refractivity contribution in [2.24, 2.45) is 4.99 Å². The molecule has 1 aliphatic heterocycles. The number of urea groups is 1. The Morgan fingerprint density at radius 2 is 1.69 bits per heavy atom. The third-order valence-corrected chi connectivity index (χ3v) is 6.27. The predicted octanol–water partition coefficient (Wildman–Crippen LogP) is 6.08. The van der Waals surface area contributed by atoms with Gasteiger partial charge in [0, 0.05) is 30.7 Å². The summed E-state index contributed by atoms with van der Waals surface area (Å²) >= 11 is 1.21. The maximum Gasteiger partial charge on any atom is 0.507 e. The van der Waals surface area contributed by atoms with Gasteiger partial charge in [0.15, 0.2) is 16.3 Å². The molecule has 0 atom stereocenters. The second-order valence-corrected chi connectivity index (χ2v) is 9.72. The van der Waals surface area contributed by atoms with E-state index in [1.54, 1.807) is 20.2 Å². The van der Waals surface area contributed by atoms with E-state index in [1.165, 1.54) is 32.4 Å². The number of carbonyl (C=O) groups is 1. The third-order valence-electron chi connectivity index (χ3n) is 5.37. The van der Waals surface area contributed by atoms with E-state index < -0.39 is 29.7 Å². The van der Waals surface area contributed by atoms with Crippen molar-refractivity contribution in [3.63, 3.8) is 0 Å². The largest absolute Gasteiger partial charge is 0.507 e. The summed E-state index contributed by atoms with van der Waals surface area (Å²) in [6.45, 7) is 6.34. The summed E-state index contributed by atoms with van der Waals surface area (Å²) in [5, 5.41) is 0. The first-order valence-corrected chi connectivity index (χ1v) is 11.5. The number of benzene rings is 2. The fourth-order valence-corrected chi connectivity index (χ4v) is 4.27. The second kappa shape index (κ2) is 9.03. The van der Waals surface area contributed by atoms with Crippen LogP contribution < -0.4 is 14.3 Å². The minimum Gasteiger partial charge on any atom is -0.421 e. The first-order valence-electron chi connectivity index (χ1n) is 10.7. The number of ether oxygens (including phenoxy) is 2. The van der Waals surface area contributed by atoms with Crippen LogP contribution in [-0.4, -0.2) is 34.8 Å². The molecule has 0 saturated carbocycles. The van der Waals surface area contributed by atoms with Gasteiger partial charge in [0.1, 0.15) is 0 Å². The number of halogens is 4. The first-order chi connectivity index (χ1) is 16.4. The van der Waals surface area contributed by atoms with Crippen LogP contribution in [0.5, 0.6) is 11.5 Å². The molecular weight excluding hydrogens is 486 g/mol. The molecule has 0 spiro atoms. The van der Waals surface area contributed by atoms with Crippen molar-refractivity contribution in [1.82, 2.24) is 9.47 Å². The Labute approximate surface area is 203 Å². The van der Waals surface area contributed by atoms with E-state index in [9.17, 15) is 22.4 Å². The number of rotatable bonds is 4. The monoisotopic (exact) mass is 509 g/mol. The fraction of sp³-hybridized carbons (Fsp3) is 0.333. The zero-order valence-electron chi connectivity index (χ0n) is 19.4. The van der Waals surface area contributed by atoms with Crippen LogP contribution >= 0.6 is 11.3 Å². The molecule has 0 fully saturated rings. The molecule has 1 aromatic heterocycles. The number of amides is 2. The van der Waals surface area contributed by atoms with E-state index in [4.69, 9.17) is 0 Å². The van der Waals surface area contributed by atoms with Crippen LogP contribution in [0, 0.1) is 6.92 Å². The number of carbonyl (C=O) groups excluding carboxylic acids is 1. The highest BCUT2D eigenvalue weighted by atomic mass is 32.1. The number of hydrogen-bond donors (Lipinski definition) is 0. The number of nitrogens with zero attached hydrogens (tertiary/aromatic N) is 3. The van der Waals surface area contributed by atoms with E-state index in [0.29, 0.717) is 12.5 Å². The molecule has 6 nitrogen and oxygen atoms in total. The zero-order valence-corrected chi connectivity index (χ0v) is 20.2. The van der Waals surface area contributed by atoms with Crippen LogP contribution in [0.15, 0.2) is 53.7 Å². The van der Waals surface area contributed by atoms with Gasteiger partial charge >= 0.3 is 18.2 Å². The Morgan fingerprint density at radius 1 is 1.06 bits per heavy atom. The van der Waals surface area contributed by atoms with Gasteiger partial charge < -0.3 is 14.4 Å². The standard InChI is InChI=1S/C24H23F4N3O3S/c1-14(2)17-7-5-16(6-8-17)13-30(4)21(32)29-22-31(12-15(3)35-22)18-9-10-19-20(11-18)34-24(27,28)23(25,26)33-19/h5-12,14H,13H2,1-4H3. The predicted molar refractivity (Wildman–Crippen MR) is 122 cm³/mol. The molecule has 1 aliphatic rings. The van der Waals surface area contributed by atoms with Crippen molar-refractivity contribution < 1.29 is 31.8 Å². The number of aromatic nitrogens is 1. The molecule has 11 heteroatoms. The highest BCUT2D eigenvalue weighted by molar-refractivity contribution is 7.09. The van der Waals surface area contributed by atoms with Crippen molar-refractivity contribution in [2.45, 2.75) is 45.5 Å². The molecule has 0 radical (unpaired) electrons. The average molecular weight is 510 g/mol. The molecule has 0 aliphatic carbocycles. The van der Waals surface area contributed by atoms with Crippen LogP contribution in [0.25, 0.3) is 5.69 Å². The lowest BCUT2D eigenvalue weighted by molar-refractivity contribution is -0.391. The summed E-state index contributed by atoms with van der Waals surface area (Å²) in [6, 6.07) is 11.1. The smallest absolute Gasteiger partial charge is 0.421 e. The van der Waals surface area contributed by atoms with Gasteiger partial charge in [0.25, 0.3) is 0 Å². The molecule has 0 N–H and O–H groups in total. The van der Waals surface area contributed by atoms with Crippen molar-refractivity contribution in [2.75, 3.05) is 7.05 Å². The van der Waals surface area contributed by atoms with Gasteiger partial charge in [-0.1, -0.05) is 38.1 Å². The van der Waals surface area contributed by atoms with Crippen molar-refractivity contribution in [1.29, 1.82) is 0 Å². The highest BCUT2D eigenvalue weighted by Crippen LogP contribution is 2.47. The van der Waals surface area contributed by atoms with Crippen molar-refractivity contribution in [3.8, 4) is 17.2 Å². The Hall–Kier alpha value is -3.34. The van der Waals surface area contributed by atoms with Gasteiger partial charge in [-0.15, -0.1) is 11.3 Å². The summed E-state index contributed by atoms with van der Waals surface area (Å²) in [6.07, 6.45) is -7.97. The van der Waals surface area contributed by atoms with E-state index in [1.807, 2.05) is 24.3 Å².